The van der Waals surface area contributed by atoms with Crippen LogP contribution in [0.25, 0.3) is 5.65 Å². The summed E-state index contributed by atoms with van der Waals surface area (Å²) in [4.78, 5) is 31.0. The summed E-state index contributed by atoms with van der Waals surface area (Å²) < 4.78 is 15.4. The first-order valence-corrected chi connectivity index (χ1v) is 12.0. The van der Waals surface area contributed by atoms with Crippen LogP contribution in [0.15, 0.2) is 35.5 Å². The molecule has 3 aliphatic rings. The molecule has 178 valence electrons. The Balaban J connectivity index is 1.37. The van der Waals surface area contributed by atoms with Crippen molar-refractivity contribution in [1.82, 2.24) is 19.2 Å². The predicted molar refractivity (Wildman–Crippen MR) is 126 cm³/mol. The number of pyridine rings is 1. The van der Waals surface area contributed by atoms with Crippen LogP contribution < -0.4 is 15.6 Å². The molecule has 0 spiro atoms. The van der Waals surface area contributed by atoms with E-state index in [9.17, 15) is 9.59 Å². The maximum atomic E-state index is 13.3. The Labute approximate surface area is 197 Å². The number of ether oxygens (including phenoxy) is 2. The molecule has 4 heterocycles. The van der Waals surface area contributed by atoms with Crippen molar-refractivity contribution in [3.05, 3.63) is 52.3 Å². The lowest BCUT2D eigenvalue weighted by molar-refractivity contribution is -0.00627. The van der Waals surface area contributed by atoms with Crippen molar-refractivity contribution in [3.8, 4) is 5.75 Å². The third-order valence-corrected chi connectivity index (χ3v) is 7.26. The van der Waals surface area contributed by atoms with E-state index in [-0.39, 0.29) is 34.4 Å². The molecule has 1 N–H and O–H groups in total. The molecule has 6 rings (SSSR count). The van der Waals surface area contributed by atoms with E-state index in [1.165, 1.54) is 10.7 Å². The lowest BCUT2D eigenvalue weighted by Crippen LogP contribution is -2.27. The third-order valence-electron chi connectivity index (χ3n) is 7.26. The minimum Gasteiger partial charge on any atom is -0.490 e. The second kappa shape index (κ2) is 7.40. The monoisotopic (exact) mass is 463 g/mol. The van der Waals surface area contributed by atoms with Gasteiger partial charge in [-0.05, 0) is 58.9 Å². The van der Waals surface area contributed by atoms with Crippen molar-refractivity contribution in [3.63, 3.8) is 0 Å². The molecule has 3 aromatic heterocycles. The van der Waals surface area contributed by atoms with E-state index < -0.39 is 5.91 Å². The van der Waals surface area contributed by atoms with Gasteiger partial charge in [-0.25, -0.2) is 9.67 Å². The smallest absolute Gasteiger partial charge is 0.290 e. The maximum absolute atomic E-state index is 13.3. The normalized spacial score (nSPS) is 25.9. The quantitative estimate of drug-likeness (QED) is 0.601. The molecule has 34 heavy (non-hydrogen) atoms. The highest BCUT2D eigenvalue weighted by molar-refractivity contribution is 6.06. The van der Waals surface area contributed by atoms with Crippen molar-refractivity contribution < 1.29 is 14.3 Å². The fourth-order valence-corrected chi connectivity index (χ4v) is 5.33. The van der Waals surface area contributed by atoms with Crippen LogP contribution in [0, 0.1) is 0 Å². The average molecular weight is 464 g/mol. The van der Waals surface area contributed by atoms with Crippen LogP contribution in [0.5, 0.6) is 5.75 Å². The Morgan fingerprint density at radius 3 is 2.76 bits per heavy atom. The van der Waals surface area contributed by atoms with E-state index in [0.717, 1.165) is 43.4 Å². The first-order valence-electron chi connectivity index (χ1n) is 12.0. The zero-order valence-electron chi connectivity index (χ0n) is 19.7. The van der Waals surface area contributed by atoms with Gasteiger partial charge in [0.05, 0.1) is 35.6 Å². The first-order chi connectivity index (χ1) is 16.3. The number of carbonyl (C=O) groups is 1. The molecule has 9 heteroatoms. The van der Waals surface area contributed by atoms with Gasteiger partial charge in [-0.2, -0.15) is 5.10 Å². The molecular weight excluding hydrogens is 434 g/mol. The fraction of sp³-hybridized carbons (Fsp3) is 0.520. The van der Waals surface area contributed by atoms with E-state index in [2.05, 4.69) is 17.3 Å². The van der Waals surface area contributed by atoms with E-state index >= 15 is 0 Å². The molecule has 2 bridgehead atoms. The summed E-state index contributed by atoms with van der Waals surface area (Å²) in [6, 6.07) is 3.46. The number of anilines is 1. The van der Waals surface area contributed by atoms with Crippen LogP contribution in [0.3, 0.4) is 0 Å². The minimum absolute atomic E-state index is 0.0648. The van der Waals surface area contributed by atoms with Crippen LogP contribution in [0.4, 0.5) is 5.69 Å². The molecular formula is C25H29N5O4. The second-order valence-electron chi connectivity index (χ2n) is 10.5. The van der Waals surface area contributed by atoms with Crippen molar-refractivity contribution in [2.75, 3.05) is 11.9 Å². The second-order valence-corrected chi connectivity index (χ2v) is 10.5. The van der Waals surface area contributed by atoms with Gasteiger partial charge in [0.2, 0.25) is 0 Å². The molecule has 2 atom stereocenters. The van der Waals surface area contributed by atoms with Gasteiger partial charge in [0, 0.05) is 30.1 Å². The summed E-state index contributed by atoms with van der Waals surface area (Å²) in [7, 11) is 0. The number of aromatic nitrogens is 4. The van der Waals surface area contributed by atoms with Gasteiger partial charge in [0.25, 0.3) is 11.5 Å². The number of amides is 1. The van der Waals surface area contributed by atoms with Crippen molar-refractivity contribution in [2.45, 2.75) is 76.0 Å². The van der Waals surface area contributed by atoms with E-state index in [1.54, 1.807) is 18.5 Å². The Bertz CT molecular complexity index is 1350. The van der Waals surface area contributed by atoms with E-state index in [0.29, 0.717) is 17.9 Å². The predicted octanol–water partition coefficient (Wildman–Crippen LogP) is 3.48. The standard InChI is InChI=1S/C25H29N5O4/c1-15(2)34-19-10-21-28-20(25-8-7-24(3,13-25)33-14-25)12-29(21)11-17(19)22(31)27-18-6-9-26-30(23(18)32)16-4-5-16/h6,9-12,15-16H,4-5,7-8,13-14H2,1-3H3,(H,27,31)/t24-,25-/m1/s1. The minimum atomic E-state index is -0.408. The van der Waals surface area contributed by atoms with Crippen LogP contribution in [-0.2, 0) is 10.2 Å². The Morgan fingerprint density at radius 2 is 2.12 bits per heavy atom. The Morgan fingerprint density at radius 1 is 1.29 bits per heavy atom. The molecule has 9 nitrogen and oxygen atoms in total. The maximum Gasteiger partial charge on any atom is 0.290 e. The van der Waals surface area contributed by atoms with Crippen LogP contribution in [-0.4, -0.2) is 43.4 Å². The average Bonchev–Trinajstić information content (AvgIpc) is 3.32. The van der Waals surface area contributed by atoms with Crippen molar-refractivity contribution in [1.29, 1.82) is 0 Å². The summed E-state index contributed by atoms with van der Waals surface area (Å²) in [5.74, 6) is 0.0272. The lowest BCUT2D eigenvalue weighted by Gasteiger charge is -2.24. The summed E-state index contributed by atoms with van der Waals surface area (Å²) >= 11 is 0. The zero-order chi connectivity index (χ0) is 23.7. The number of fused-ring (bicyclic) bond motifs is 3. The van der Waals surface area contributed by atoms with Gasteiger partial charge in [-0.1, -0.05) is 0 Å². The number of nitrogens with one attached hydrogen (secondary N) is 1. The number of carbonyl (C=O) groups excluding carboxylic acids is 1. The Kier molecular flexibility index (Phi) is 4.64. The highest BCUT2D eigenvalue weighted by atomic mass is 16.5. The van der Waals surface area contributed by atoms with Gasteiger partial charge >= 0.3 is 0 Å². The van der Waals surface area contributed by atoms with Crippen molar-refractivity contribution in [2.24, 2.45) is 0 Å². The first kappa shape index (κ1) is 21.3. The van der Waals surface area contributed by atoms with Crippen LogP contribution in [0.1, 0.15) is 75.0 Å². The van der Waals surface area contributed by atoms with Gasteiger partial charge in [0.1, 0.15) is 17.1 Å². The SMILES string of the molecule is CC(C)Oc1cc2nc([C@]34CC[C@](C)(C3)OC4)cn2cc1C(=O)Nc1ccnn(C2CC2)c1=O. The molecule has 1 aliphatic heterocycles. The number of hydrogen-bond donors (Lipinski definition) is 1. The molecule has 3 fully saturated rings. The molecule has 0 aromatic carbocycles. The molecule has 2 saturated carbocycles. The molecule has 1 saturated heterocycles. The fourth-order valence-electron chi connectivity index (χ4n) is 5.33. The van der Waals surface area contributed by atoms with Gasteiger partial charge < -0.3 is 19.2 Å². The highest BCUT2D eigenvalue weighted by Crippen LogP contribution is 2.53. The molecule has 0 unspecified atom stereocenters. The van der Waals surface area contributed by atoms with Gasteiger partial charge in [-0.15, -0.1) is 0 Å². The number of imidazole rings is 1. The van der Waals surface area contributed by atoms with Crippen LogP contribution >= 0.6 is 0 Å². The largest absolute Gasteiger partial charge is 0.490 e. The molecule has 2 aliphatic carbocycles. The number of nitrogens with zero attached hydrogens (tertiary/aromatic N) is 4. The van der Waals surface area contributed by atoms with Gasteiger partial charge in [0.15, 0.2) is 0 Å². The molecule has 0 radical (unpaired) electrons. The molecule has 3 aromatic rings. The summed E-state index contributed by atoms with van der Waals surface area (Å²) in [5.41, 5.74) is 1.83. The Hall–Kier alpha value is -3.20. The van der Waals surface area contributed by atoms with Crippen molar-refractivity contribution >= 4 is 17.2 Å². The van der Waals surface area contributed by atoms with E-state index in [4.69, 9.17) is 14.5 Å². The highest BCUT2D eigenvalue weighted by Gasteiger charge is 2.55. The third kappa shape index (κ3) is 3.50. The summed E-state index contributed by atoms with van der Waals surface area (Å²) in [6.07, 6.45) is 10.1. The van der Waals surface area contributed by atoms with Crippen LogP contribution in [0.2, 0.25) is 0 Å². The number of hydrogen-bond acceptors (Lipinski definition) is 6. The zero-order valence-corrected chi connectivity index (χ0v) is 19.7. The number of rotatable bonds is 6. The summed E-state index contributed by atoms with van der Waals surface area (Å²) in [6.45, 7) is 6.67. The summed E-state index contributed by atoms with van der Waals surface area (Å²) in [5, 5.41) is 6.92. The van der Waals surface area contributed by atoms with Gasteiger partial charge in [-0.3, -0.25) is 9.59 Å². The topological polar surface area (TPSA) is 99.8 Å². The van der Waals surface area contributed by atoms with E-state index in [1.807, 2.05) is 24.4 Å². The lowest BCUT2D eigenvalue weighted by atomic mass is 9.84. The molecule has 1 amide bonds.